The minimum absolute atomic E-state index is 0.00887. The number of hydrogen-bond acceptors (Lipinski definition) is 6. The summed E-state index contributed by atoms with van der Waals surface area (Å²) >= 11 is 0. The molecule has 0 aliphatic heterocycles. The number of hydrogen-bond donors (Lipinski definition) is 2. The number of carboxylic acids is 1. The Balaban J connectivity index is 1.27. The number of halogens is 1. The van der Waals surface area contributed by atoms with Crippen LogP contribution in [0, 0.1) is 11.7 Å². The minimum atomic E-state index is -1.12. The fourth-order valence-corrected chi connectivity index (χ4v) is 4.20. The molecule has 0 amide bonds. The molecule has 0 saturated heterocycles. The van der Waals surface area contributed by atoms with Crippen molar-refractivity contribution < 1.29 is 19.0 Å². The van der Waals surface area contributed by atoms with E-state index in [0.717, 1.165) is 25.7 Å². The Hall–Kier alpha value is -4.02. The molecular weight excluding hydrogens is 431 g/mol. The van der Waals surface area contributed by atoms with Crippen molar-refractivity contribution in [3.63, 3.8) is 0 Å². The molecule has 0 radical (unpaired) electrons. The number of carbonyl (C=O) groups is 1. The van der Waals surface area contributed by atoms with E-state index in [9.17, 15) is 14.0 Å². The summed E-state index contributed by atoms with van der Waals surface area (Å²) in [6, 6.07) is 6.17. The Morgan fingerprint density at radius 2 is 2.03 bits per heavy atom. The standard InChI is InChI=1S/C22H21FN6O4/c23-15-2-1-3-17(8-15)33-16-6-4-13(5-7-16)11-28-19-18(10-25-28)26-22(27-20(19)30)29-12-14(9-24-29)21(31)32/h1-3,8-10,12-13,16H,4-7,11H2,(H,31,32)(H,26,27,30). The molecule has 1 aliphatic carbocycles. The van der Waals surface area contributed by atoms with Gasteiger partial charge in [-0.2, -0.15) is 10.2 Å². The molecule has 1 saturated carbocycles. The summed E-state index contributed by atoms with van der Waals surface area (Å²) in [5.74, 6) is -0.451. The van der Waals surface area contributed by atoms with E-state index < -0.39 is 5.97 Å². The fourth-order valence-electron chi connectivity index (χ4n) is 4.20. The van der Waals surface area contributed by atoms with Crippen LogP contribution in [0.1, 0.15) is 36.0 Å². The number of rotatable bonds is 6. The summed E-state index contributed by atoms with van der Waals surface area (Å²) in [7, 11) is 0. The predicted molar refractivity (Wildman–Crippen MR) is 115 cm³/mol. The van der Waals surface area contributed by atoms with E-state index in [2.05, 4.69) is 20.2 Å². The highest BCUT2D eigenvalue weighted by atomic mass is 19.1. The first-order valence-electron chi connectivity index (χ1n) is 10.6. The van der Waals surface area contributed by atoms with E-state index in [0.29, 0.717) is 29.2 Å². The summed E-state index contributed by atoms with van der Waals surface area (Å²) < 4.78 is 22.1. The van der Waals surface area contributed by atoms with Gasteiger partial charge in [-0.15, -0.1) is 0 Å². The minimum Gasteiger partial charge on any atom is -0.490 e. The molecule has 0 bridgehead atoms. The van der Waals surface area contributed by atoms with Crippen LogP contribution in [0.15, 0.2) is 47.7 Å². The maximum atomic E-state index is 13.4. The summed E-state index contributed by atoms with van der Waals surface area (Å²) in [4.78, 5) is 30.8. The number of H-pyrrole nitrogens is 1. The van der Waals surface area contributed by atoms with Crippen molar-refractivity contribution in [1.29, 1.82) is 0 Å². The Bertz CT molecular complexity index is 1370. The number of nitrogens with zero attached hydrogens (tertiary/aromatic N) is 5. The molecule has 1 aliphatic rings. The molecule has 1 fully saturated rings. The molecule has 0 atom stereocenters. The number of fused-ring (bicyclic) bond motifs is 1. The fraction of sp³-hybridized carbons (Fsp3) is 0.318. The first kappa shape index (κ1) is 20.9. The second kappa shape index (κ2) is 8.49. The lowest BCUT2D eigenvalue weighted by molar-refractivity contribution is 0.0697. The van der Waals surface area contributed by atoms with Gasteiger partial charge in [0.2, 0.25) is 5.95 Å². The quantitative estimate of drug-likeness (QED) is 0.460. The monoisotopic (exact) mass is 452 g/mol. The van der Waals surface area contributed by atoms with Crippen molar-refractivity contribution in [2.75, 3.05) is 0 Å². The molecule has 1 aromatic carbocycles. The van der Waals surface area contributed by atoms with Crippen molar-refractivity contribution in [1.82, 2.24) is 29.5 Å². The number of aromatic carboxylic acids is 1. The van der Waals surface area contributed by atoms with Gasteiger partial charge in [0.05, 0.1) is 24.1 Å². The maximum absolute atomic E-state index is 13.4. The lowest BCUT2D eigenvalue weighted by Crippen LogP contribution is -2.27. The Morgan fingerprint density at radius 1 is 1.21 bits per heavy atom. The van der Waals surface area contributed by atoms with Crippen LogP contribution < -0.4 is 10.3 Å². The van der Waals surface area contributed by atoms with Crippen molar-refractivity contribution >= 4 is 17.0 Å². The van der Waals surface area contributed by atoms with Crippen LogP contribution in [0.5, 0.6) is 5.75 Å². The van der Waals surface area contributed by atoms with Gasteiger partial charge in [-0.3, -0.25) is 14.5 Å². The van der Waals surface area contributed by atoms with Crippen LogP contribution >= 0.6 is 0 Å². The van der Waals surface area contributed by atoms with Crippen LogP contribution in [-0.4, -0.2) is 46.7 Å². The van der Waals surface area contributed by atoms with Crippen LogP contribution in [0.4, 0.5) is 4.39 Å². The zero-order chi connectivity index (χ0) is 22.9. The highest BCUT2D eigenvalue weighted by molar-refractivity contribution is 5.87. The molecule has 2 N–H and O–H groups in total. The topological polar surface area (TPSA) is 128 Å². The first-order valence-corrected chi connectivity index (χ1v) is 10.6. The van der Waals surface area contributed by atoms with E-state index in [1.54, 1.807) is 16.8 Å². The van der Waals surface area contributed by atoms with Gasteiger partial charge >= 0.3 is 5.97 Å². The molecule has 170 valence electrons. The van der Waals surface area contributed by atoms with E-state index in [1.165, 1.54) is 35.4 Å². The third kappa shape index (κ3) is 4.34. The predicted octanol–water partition coefficient (Wildman–Crippen LogP) is 2.78. The molecule has 10 nitrogen and oxygen atoms in total. The zero-order valence-electron chi connectivity index (χ0n) is 17.5. The van der Waals surface area contributed by atoms with Crippen molar-refractivity contribution in [2.24, 2.45) is 5.92 Å². The van der Waals surface area contributed by atoms with Crippen LogP contribution in [0.25, 0.3) is 17.0 Å². The smallest absolute Gasteiger partial charge is 0.338 e. The second-order valence-corrected chi connectivity index (χ2v) is 8.15. The molecule has 3 aromatic heterocycles. The molecule has 5 rings (SSSR count). The van der Waals surface area contributed by atoms with Crippen LogP contribution in [-0.2, 0) is 6.54 Å². The molecule has 3 heterocycles. The van der Waals surface area contributed by atoms with Gasteiger partial charge in [-0.25, -0.2) is 18.9 Å². The van der Waals surface area contributed by atoms with Crippen LogP contribution in [0.3, 0.4) is 0 Å². The number of carboxylic acid groups (broad SMARTS) is 1. The Kier molecular flexibility index (Phi) is 5.37. The van der Waals surface area contributed by atoms with Gasteiger partial charge < -0.3 is 9.84 Å². The number of benzene rings is 1. The van der Waals surface area contributed by atoms with E-state index in [4.69, 9.17) is 9.84 Å². The lowest BCUT2D eigenvalue weighted by atomic mass is 9.87. The van der Waals surface area contributed by atoms with Gasteiger partial charge in [-0.1, -0.05) is 6.07 Å². The summed E-state index contributed by atoms with van der Waals surface area (Å²) in [5.41, 5.74) is 0.389. The van der Waals surface area contributed by atoms with Crippen molar-refractivity contribution in [3.05, 3.63) is 64.6 Å². The van der Waals surface area contributed by atoms with E-state index in [-0.39, 0.29) is 29.0 Å². The zero-order valence-corrected chi connectivity index (χ0v) is 17.5. The highest BCUT2D eigenvalue weighted by Crippen LogP contribution is 2.29. The van der Waals surface area contributed by atoms with Gasteiger partial charge in [0.15, 0.2) is 5.52 Å². The van der Waals surface area contributed by atoms with Gasteiger partial charge in [-0.05, 0) is 43.7 Å². The second-order valence-electron chi connectivity index (χ2n) is 8.15. The first-order chi connectivity index (χ1) is 16.0. The number of aromatic nitrogens is 6. The highest BCUT2D eigenvalue weighted by Gasteiger charge is 2.24. The SMILES string of the molecule is O=C(O)c1cnn(-c2nc3cnn(CC4CCC(Oc5cccc(F)c5)CC4)c3c(=O)[nH]2)c1. The Labute approximate surface area is 186 Å². The average molecular weight is 452 g/mol. The van der Waals surface area contributed by atoms with Gasteiger partial charge in [0, 0.05) is 18.8 Å². The largest absolute Gasteiger partial charge is 0.490 e. The maximum Gasteiger partial charge on any atom is 0.338 e. The summed E-state index contributed by atoms with van der Waals surface area (Å²) in [6.07, 6.45) is 7.50. The number of nitrogens with one attached hydrogen (secondary N) is 1. The van der Waals surface area contributed by atoms with Gasteiger partial charge in [0.1, 0.15) is 17.1 Å². The third-order valence-corrected chi connectivity index (χ3v) is 5.86. The molecule has 4 aromatic rings. The normalized spacial score (nSPS) is 18.5. The number of aromatic amines is 1. The van der Waals surface area contributed by atoms with Crippen LogP contribution in [0.2, 0.25) is 0 Å². The lowest BCUT2D eigenvalue weighted by Gasteiger charge is -2.29. The molecule has 0 spiro atoms. The summed E-state index contributed by atoms with van der Waals surface area (Å²) in [5, 5.41) is 17.3. The molecular formula is C22H21FN6O4. The van der Waals surface area contributed by atoms with E-state index >= 15 is 0 Å². The van der Waals surface area contributed by atoms with Crippen molar-refractivity contribution in [3.8, 4) is 11.7 Å². The number of ether oxygens (including phenoxy) is 1. The van der Waals surface area contributed by atoms with Crippen molar-refractivity contribution in [2.45, 2.75) is 38.3 Å². The summed E-state index contributed by atoms with van der Waals surface area (Å²) in [6.45, 7) is 0.575. The average Bonchev–Trinajstić information content (AvgIpc) is 3.43. The molecule has 11 heteroatoms. The molecule has 0 unspecified atom stereocenters. The van der Waals surface area contributed by atoms with E-state index in [1.807, 2.05) is 0 Å². The molecule has 33 heavy (non-hydrogen) atoms. The third-order valence-electron chi connectivity index (χ3n) is 5.86. The van der Waals surface area contributed by atoms with Gasteiger partial charge in [0.25, 0.3) is 5.56 Å². The Morgan fingerprint density at radius 3 is 2.76 bits per heavy atom.